The lowest BCUT2D eigenvalue weighted by molar-refractivity contribution is 0.0483. The van der Waals surface area contributed by atoms with E-state index in [4.69, 9.17) is 56.8 Å². The highest BCUT2D eigenvalue weighted by Gasteiger charge is 2.58. The summed E-state index contributed by atoms with van der Waals surface area (Å²) in [4.78, 5) is 74.9. The van der Waals surface area contributed by atoms with Crippen molar-refractivity contribution in [1.29, 1.82) is 0 Å². The molecule has 0 aromatic heterocycles. The first kappa shape index (κ1) is 83.0. The minimum atomic E-state index is -1.34. The molecule has 3 aliphatic carbocycles. The van der Waals surface area contributed by atoms with Crippen LogP contribution in [0, 0.1) is 35.5 Å². The zero-order valence-electron chi connectivity index (χ0n) is 62.9. The standard InChI is InChI=1S/C87H90O24/c1-100-31-37-106-25-19-85(20-26-107-38-32-101-2)70-49-55(7-10-58-43-61(79(88)89)52-62(44-58)80(90)91)13-16-67(70)73-76(85)74-68-17-14-56(8-11-59-45-63(81(92)93)53-64(46-59)82(94)95)50-71(68)86(21-27-108-39-33-102-3,22-28-109-40-34-103-4)78(74)75-69-18-15-57(9-12-60-47-65(83(96)97)54-66(48-60)84(98)99)51-72(69)87(77(73)75,23-29-110-41-35-104-5)24-30-111-42-36-105-6/h13-18,43-54H,19-42H2,1-6H3,(H,88,89)(H,90,91)(H,92,93)(H,94,95)(H,96,97)(H,98,99). The maximum absolute atomic E-state index is 12.5. The van der Waals surface area contributed by atoms with Crippen LogP contribution in [0.1, 0.15) is 167 Å². The van der Waals surface area contributed by atoms with Gasteiger partial charge in [0.25, 0.3) is 0 Å². The van der Waals surface area contributed by atoms with Crippen molar-refractivity contribution in [2.45, 2.75) is 54.8 Å². The van der Waals surface area contributed by atoms with Gasteiger partial charge in [0.15, 0.2) is 0 Å². The van der Waals surface area contributed by atoms with Crippen molar-refractivity contribution in [1.82, 2.24) is 0 Å². The van der Waals surface area contributed by atoms with Gasteiger partial charge >= 0.3 is 35.8 Å². The first-order valence-electron chi connectivity index (χ1n) is 36.2. The Balaban J connectivity index is 1.41. The van der Waals surface area contributed by atoms with E-state index in [2.05, 4.69) is 53.7 Å². The van der Waals surface area contributed by atoms with Crippen LogP contribution >= 0.6 is 0 Å². The second-order valence-corrected chi connectivity index (χ2v) is 26.9. The number of benzene rings is 7. The molecule has 6 N–H and O–H groups in total. The minimum absolute atomic E-state index is 0.148. The number of carbonyl (C=O) groups is 6. The predicted molar refractivity (Wildman–Crippen MR) is 408 cm³/mol. The topological polar surface area (TPSA) is 335 Å². The number of ether oxygens (including phenoxy) is 12. The molecule has 0 fully saturated rings. The Hall–Kier alpha value is -10.4. The van der Waals surface area contributed by atoms with Crippen LogP contribution in [0.4, 0.5) is 0 Å². The second kappa shape index (κ2) is 39.0. The van der Waals surface area contributed by atoms with Crippen LogP contribution in [0.15, 0.2) is 109 Å². The molecule has 111 heavy (non-hydrogen) atoms. The van der Waals surface area contributed by atoms with Crippen LogP contribution < -0.4 is 0 Å². The Morgan fingerprint density at radius 2 is 0.441 bits per heavy atom. The average molecular weight is 1520 g/mol. The minimum Gasteiger partial charge on any atom is -0.478 e. The van der Waals surface area contributed by atoms with Gasteiger partial charge in [-0.25, -0.2) is 28.8 Å². The number of aromatic carboxylic acids is 6. The third-order valence-electron chi connectivity index (χ3n) is 20.3. The summed E-state index contributed by atoms with van der Waals surface area (Å²) in [5.74, 6) is 11.2. The molecular weight excluding hydrogens is 1430 g/mol. The molecular formula is C87H90O24. The maximum Gasteiger partial charge on any atom is 0.335 e. The summed E-state index contributed by atoms with van der Waals surface area (Å²) in [7, 11) is 9.57. The SMILES string of the molecule is COCCOCCC1(CCOCCOC)c2cc(C#Cc3cc(C(=O)O)cc(C(=O)O)c3)ccc2-c2c1c1c(c3c2C(CCOCCOC)(CCOCCOC)c2cc(C#Cc4cc(C(=O)O)cc(C(=O)O)c4)ccc2-3)C(CCOCCOC)(CCOCCOC)c2cc(C#Cc3cc(C(=O)O)cc(C(=O)O)c3)ccc2-1. The van der Waals surface area contributed by atoms with Gasteiger partial charge in [-0.3, -0.25) is 0 Å². The van der Waals surface area contributed by atoms with E-state index in [0.717, 1.165) is 85.0 Å². The van der Waals surface area contributed by atoms with E-state index < -0.39 is 52.1 Å². The molecule has 0 saturated heterocycles. The molecule has 7 aromatic rings. The number of fused-ring (bicyclic) bond motifs is 12. The summed E-state index contributed by atoms with van der Waals surface area (Å²) < 4.78 is 73.2. The quantitative estimate of drug-likeness (QED) is 0.0153. The molecule has 0 saturated carbocycles. The molecule has 10 rings (SSSR count). The molecule has 0 bridgehead atoms. The molecule has 3 aliphatic rings. The molecule has 0 unspecified atom stereocenters. The molecule has 0 amide bonds. The summed E-state index contributed by atoms with van der Waals surface area (Å²) in [6, 6.07) is 29.2. The maximum atomic E-state index is 12.5. The first-order chi connectivity index (χ1) is 53.7. The van der Waals surface area contributed by atoms with Gasteiger partial charge in [-0.05, 0) is 196 Å². The van der Waals surface area contributed by atoms with Crippen molar-refractivity contribution in [2.24, 2.45) is 0 Å². The van der Waals surface area contributed by atoms with Gasteiger partial charge in [-0.1, -0.05) is 53.7 Å². The molecule has 0 radical (unpaired) electrons. The van der Waals surface area contributed by atoms with Gasteiger partial charge in [0.1, 0.15) is 0 Å². The van der Waals surface area contributed by atoms with E-state index in [-0.39, 0.29) is 169 Å². The highest BCUT2D eigenvalue weighted by Crippen LogP contribution is 2.71. The highest BCUT2D eigenvalue weighted by atomic mass is 16.5. The van der Waals surface area contributed by atoms with Crippen LogP contribution in [0.3, 0.4) is 0 Å². The van der Waals surface area contributed by atoms with Crippen LogP contribution in [-0.2, 0) is 73.1 Å². The Morgan fingerprint density at radius 3 is 0.622 bits per heavy atom. The van der Waals surface area contributed by atoms with Crippen molar-refractivity contribution >= 4 is 35.8 Å². The fourth-order valence-electron chi connectivity index (χ4n) is 15.3. The van der Waals surface area contributed by atoms with Crippen molar-refractivity contribution < 1.29 is 116 Å². The van der Waals surface area contributed by atoms with Gasteiger partial charge < -0.3 is 87.5 Å². The first-order valence-corrected chi connectivity index (χ1v) is 36.2. The lowest BCUT2D eigenvalue weighted by Gasteiger charge is -2.39. The normalized spacial score (nSPS) is 13.2. The fraction of sp³-hybridized carbons (Fsp3) is 0.379. The van der Waals surface area contributed by atoms with Gasteiger partial charge in [-0.15, -0.1) is 0 Å². The van der Waals surface area contributed by atoms with Crippen molar-refractivity contribution in [3.63, 3.8) is 0 Å². The monoisotopic (exact) mass is 1520 g/mol. The molecule has 0 atom stereocenters. The third-order valence-corrected chi connectivity index (χ3v) is 20.3. The Bertz CT molecular complexity index is 4170. The van der Waals surface area contributed by atoms with Crippen LogP contribution in [0.5, 0.6) is 0 Å². The van der Waals surface area contributed by atoms with Crippen molar-refractivity contribution in [3.05, 3.63) is 209 Å². The Labute approximate surface area is 643 Å². The van der Waals surface area contributed by atoms with E-state index in [1.807, 2.05) is 36.4 Å². The largest absolute Gasteiger partial charge is 0.478 e. The Morgan fingerprint density at radius 1 is 0.252 bits per heavy atom. The number of carboxylic acids is 6. The van der Waals surface area contributed by atoms with Gasteiger partial charge in [0.2, 0.25) is 0 Å². The average Bonchev–Trinajstić information content (AvgIpc) is 1.48. The molecule has 7 aromatic carbocycles. The molecule has 24 nitrogen and oxygen atoms in total. The smallest absolute Gasteiger partial charge is 0.335 e. The number of methoxy groups -OCH3 is 6. The molecule has 0 aliphatic heterocycles. The fourth-order valence-corrected chi connectivity index (χ4v) is 15.3. The number of rotatable bonds is 42. The van der Waals surface area contributed by atoms with Crippen molar-refractivity contribution in [2.75, 3.05) is 162 Å². The van der Waals surface area contributed by atoms with Gasteiger partial charge in [-0.2, -0.15) is 0 Å². The molecule has 0 heterocycles. The van der Waals surface area contributed by atoms with Crippen LogP contribution in [0.2, 0.25) is 0 Å². The predicted octanol–water partition coefficient (Wildman–Crippen LogP) is 11.2. The summed E-state index contributed by atoms with van der Waals surface area (Å²) in [6.45, 7) is 4.19. The number of hydrogen-bond donors (Lipinski definition) is 6. The summed E-state index contributed by atoms with van der Waals surface area (Å²) in [5.41, 5.74) is 7.44. The van der Waals surface area contributed by atoms with E-state index in [0.29, 0.717) is 55.2 Å². The lowest BCUT2D eigenvalue weighted by atomic mass is 9.64. The molecule has 0 spiro atoms. The summed E-state index contributed by atoms with van der Waals surface area (Å²) >= 11 is 0. The van der Waals surface area contributed by atoms with E-state index in [1.165, 1.54) is 36.4 Å². The zero-order chi connectivity index (χ0) is 79.2. The highest BCUT2D eigenvalue weighted by molar-refractivity contribution is 6.06. The van der Waals surface area contributed by atoms with E-state index in [9.17, 15) is 59.4 Å². The number of hydrogen-bond acceptors (Lipinski definition) is 18. The zero-order valence-corrected chi connectivity index (χ0v) is 62.9. The van der Waals surface area contributed by atoms with Gasteiger partial charge in [0.05, 0.1) is 113 Å². The van der Waals surface area contributed by atoms with E-state index >= 15 is 0 Å². The number of carboxylic acid groups (broad SMARTS) is 6. The van der Waals surface area contributed by atoms with Crippen LogP contribution in [-0.4, -0.2) is 228 Å². The Kier molecular flexibility index (Phi) is 29.1. The summed E-state index contributed by atoms with van der Waals surface area (Å²) in [6.07, 6.45) is 1.93. The van der Waals surface area contributed by atoms with Gasteiger partial charge in [0, 0.05) is 132 Å². The molecule has 582 valence electrons. The van der Waals surface area contributed by atoms with Crippen molar-refractivity contribution in [3.8, 4) is 68.9 Å². The lowest BCUT2D eigenvalue weighted by Crippen LogP contribution is -2.34. The molecule has 24 heteroatoms. The second-order valence-electron chi connectivity index (χ2n) is 26.9. The van der Waals surface area contributed by atoms with E-state index in [1.54, 1.807) is 42.7 Å². The third kappa shape index (κ3) is 19.0. The summed E-state index contributed by atoms with van der Waals surface area (Å²) in [5, 5.41) is 61.1. The van der Waals surface area contributed by atoms with Crippen LogP contribution in [0.25, 0.3) is 33.4 Å².